The topological polar surface area (TPSA) is 93.5 Å². The van der Waals surface area contributed by atoms with Crippen molar-refractivity contribution in [3.8, 4) is 0 Å². The molecule has 4 atom stereocenters. The van der Waals surface area contributed by atoms with Gasteiger partial charge in [0.25, 0.3) is 5.56 Å². The lowest BCUT2D eigenvalue weighted by atomic mass is 10.0. The molecular weight excluding hydrogens is 264 g/mol. The second kappa shape index (κ2) is 6.34. The van der Waals surface area contributed by atoms with E-state index >= 15 is 0 Å². The molecule has 1 saturated heterocycles. The zero-order chi connectivity index (χ0) is 14.7. The van der Waals surface area contributed by atoms with Crippen molar-refractivity contribution in [1.29, 1.82) is 0 Å². The van der Waals surface area contributed by atoms with E-state index in [1.165, 1.54) is 16.8 Å². The number of hydrogen-bond acceptors (Lipinski definition) is 5. The lowest BCUT2D eigenvalue weighted by Gasteiger charge is -2.17. The van der Waals surface area contributed by atoms with Gasteiger partial charge in [-0.05, 0) is 6.42 Å². The molecular formula is C13H20N2O5. The fourth-order valence-corrected chi connectivity index (χ4v) is 2.26. The Morgan fingerprint density at radius 2 is 2.25 bits per heavy atom. The third kappa shape index (κ3) is 3.00. The Morgan fingerprint density at radius 3 is 2.90 bits per heavy atom. The van der Waals surface area contributed by atoms with Crippen molar-refractivity contribution in [2.24, 2.45) is 5.92 Å². The predicted molar refractivity (Wildman–Crippen MR) is 71.5 cm³/mol. The Labute approximate surface area is 116 Å². The Bertz CT molecular complexity index is 552. The van der Waals surface area contributed by atoms with Gasteiger partial charge < -0.3 is 14.6 Å². The Morgan fingerprint density at radius 1 is 1.50 bits per heavy atom. The van der Waals surface area contributed by atoms with E-state index in [-0.39, 0.29) is 12.0 Å². The maximum Gasteiger partial charge on any atom is 0.330 e. The molecule has 1 aromatic rings. The molecule has 0 aromatic carbocycles. The number of rotatable bonds is 5. The van der Waals surface area contributed by atoms with Gasteiger partial charge in [-0.25, -0.2) is 4.79 Å². The maximum absolute atomic E-state index is 11.7. The number of H-pyrrole nitrogens is 1. The van der Waals surface area contributed by atoms with Gasteiger partial charge >= 0.3 is 5.69 Å². The van der Waals surface area contributed by atoms with Crippen LogP contribution in [0.25, 0.3) is 0 Å². The maximum atomic E-state index is 11.7. The Kier molecular flexibility index (Phi) is 4.74. The van der Waals surface area contributed by atoms with Crippen molar-refractivity contribution in [3.05, 3.63) is 33.1 Å². The first-order valence-electron chi connectivity index (χ1n) is 6.77. The summed E-state index contributed by atoms with van der Waals surface area (Å²) in [4.78, 5) is 24.9. The smallest absolute Gasteiger partial charge is 0.330 e. The van der Waals surface area contributed by atoms with Crippen molar-refractivity contribution in [2.45, 2.75) is 38.7 Å². The second-order valence-electron chi connectivity index (χ2n) is 5.01. The third-order valence-electron chi connectivity index (χ3n) is 3.49. The average molecular weight is 284 g/mol. The molecule has 7 nitrogen and oxygen atoms in total. The van der Waals surface area contributed by atoms with E-state index in [1.54, 1.807) is 0 Å². The number of aromatic nitrogens is 2. The van der Waals surface area contributed by atoms with Gasteiger partial charge in [0, 0.05) is 24.8 Å². The van der Waals surface area contributed by atoms with Crippen LogP contribution in [0.15, 0.2) is 21.9 Å². The van der Waals surface area contributed by atoms with E-state index < -0.39 is 23.6 Å². The van der Waals surface area contributed by atoms with Gasteiger partial charge in [0.1, 0.15) is 6.10 Å². The Hall–Kier alpha value is -1.44. The zero-order valence-corrected chi connectivity index (χ0v) is 11.6. The summed E-state index contributed by atoms with van der Waals surface area (Å²) in [6, 6.07) is 1.23. The molecule has 112 valence electrons. The predicted octanol–water partition coefficient (Wildman–Crippen LogP) is -0.142. The van der Waals surface area contributed by atoms with Crippen molar-refractivity contribution in [1.82, 2.24) is 9.55 Å². The van der Waals surface area contributed by atoms with Crippen molar-refractivity contribution < 1.29 is 14.6 Å². The summed E-state index contributed by atoms with van der Waals surface area (Å²) in [6.45, 7) is 4.87. The SMILES string of the molecule is CCCOC[C@H]1O[C@@H](n2ccc(=O)[nH]c2=O)C(O)[C@H]1C. The van der Waals surface area contributed by atoms with Gasteiger partial charge in [-0.15, -0.1) is 0 Å². The number of aromatic amines is 1. The molecule has 1 aromatic heterocycles. The van der Waals surface area contributed by atoms with Crippen LogP contribution in [-0.4, -0.2) is 40.1 Å². The largest absolute Gasteiger partial charge is 0.388 e. The number of aliphatic hydroxyl groups excluding tert-OH is 1. The minimum Gasteiger partial charge on any atom is -0.388 e. The van der Waals surface area contributed by atoms with Crippen LogP contribution in [0.1, 0.15) is 26.5 Å². The highest BCUT2D eigenvalue weighted by Crippen LogP contribution is 2.32. The number of ether oxygens (including phenoxy) is 2. The third-order valence-corrected chi connectivity index (χ3v) is 3.49. The molecule has 7 heteroatoms. The quantitative estimate of drug-likeness (QED) is 0.734. The zero-order valence-electron chi connectivity index (χ0n) is 11.6. The van der Waals surface area contributed by atoms with Crippen LogP contribution >= 0.6 is 0 Å². The van der Waals surface area contributed by atoms with E-state index in [0.717, 1.165) is 6.42 Å². The standard InChI is InChI=1S/C13H20N2O5/c1-3-6-19-7-9-8(2)11(17)12(20-9)15-5-4-10(16)14-13(15)18/h4-5,8-9,11-12,17H,3,6-7H2,1-2H3,(H,14,16,18)/t8-,9+,11?,12+/m0/s1. The molecule has 1 aliphatic rings. The molecule has 0 radical (unpaired) electrons. The Balaban J connectivity index is 2.13. The summed E-state index contributed by atoms with van der Waals surface area (Å²) in [5.41, 5.74) is -1.07. The van der Waals surface area contributed by atoms with Gasteiger partial charge in [-0.1, -0.05) is 13.8 Å². The fraction of sp³-hybridized carbons (Fsp3) is 0.692. The summed E-state index contributed by atoms with van der Waals surface area (Å²) < 4.78 is 12.3. The van der Waals surface area contributed by atoms with Crippen molar-refractivity contribution >= 4 is 0 Å². The first-order chi connectivity index (χ1) is 9.54. The second-order valence-corrected chi connectivity index (χ2v) is 5.01. The molecule has 2 heterocycles. The summed E-state index contributed by atoms with van der Waals surface area (Å²) in [7, 11) is 0. The molecule has 20 heavy (non-hydrogen) atoms. The molecule has 2 rings (SSSR count). The molecule has 1 unspecified atom stereocenters. The molecule has 2 N–H and O–H groups in total. The molecule has 0 bridgehead atoms. The first-order valence-corrected chi connectivity index (χ1v) is 6.77. The van der Waals surface area contributed by atoms with Crippen LogP contribution in [0, 0.1) is 5.92 Å². The van der Waals surface area contributed by atoms with Crippen LogP contribution < -0.4 is 11.2 Å². The summed E-state index contributed by atoms with van der Waals surface area (Å²) in [6.07, 6.45) is 0.336. The van der Waals surface area contributed by atoms with Crippen LogP contribution in [0.3, 0.4) is 0 Å². The number of hydrogen-bond donors (Lipinski definition) is 2. The van der Waals surface area contributed by atoms with Gasteiger partial charge in [-0.3, -0.25) is 14.3 Å². The van der Waals surface area contributed by atoms with Crippen molar-refractivity contribution in [3.63, 3.8) is 0 Å². The lowest BCUT2D eigenvalue weighted by molar-refractivity contribution is -0.0647. The highest BCUT2D eigenvalue weighted by molar-refractivity contribution is 4.91. The van der Waals surface area contributed by atoms with Gasteiger partial charge in [0.2, 0.25) is 0 Å². The monoisotopic (exact) mass is 284 g/mol. The van der Waals surface area contributed by atoms with E-state index in [4.69, 9.17) is 9.47 Å². The van der Waals surface area contributed by atoms with Gasteiger partial charge in [-0.2, -0.15) is 0 Å². The molecule has 0 saturated carbocycles. The molecule has 1 fully saturated rings. The molecule has 0 spiro atoms. The highest BCUT2D eigenvalue weighted by Gasteiger charge is 2.42. The molecule has 0 amide bonds. The molecule has 0 aliphatic carbocycles. The summed E-state index contributed by atoms with van der Waals surface area (Å²) in [5.74, 6) is -0.157. The average Bonchev–Trinajstić information content (AvgIpc) is 2.68. The fourth-order valence-electron chi connectivity index (χ4n) is 2.26. The first kappa shape index (κ1) is 15.0. The molecule has 1 aliphatic heterocycles. The van der Waals surface area contributed by atoms with E-state index in [9.17, 15) is 14.7 Å². The van der Waals surface area contributed by atoms with Crippen LogP contribution in [-0.2, 0) is 9.47 Å². The minimum atomic E-state index is -0.825. The van der Waals surface area contributed by atoms with E-state index in [1.807, 2.05) is 13.8 Å². The minimum absolute atomic E-state index is 0.157. The summed E-state index contributed by atoms with van der Waals surface area (Å²) >= 11 is 0. The number of nitrogens with zero attached hydrogens (tertiary/aromatic N) is 1. The number of aliphatic hydroxyl groups is 1. The van der Waals surface area contributed by atoms with E-state index in [2.05, 4.69) is 4.98 Å². The van der Waals surface area contributed by atoms with Crippen LogP contribution in [0.5, 0.6) is 0 Å². The number of nitrogens with one attached hydrogen (secondary N) is 1. The van der Waals surface area contributed by atoms with Crippen molar-refractivity contribution in [2.75, 3.05) is 13.2 Å². The van der Waals surface area contributed by atoms with Crippen LogP contribution in [0.4, 0.5) is 0 Å². The summed E-state index contributed by atoms with van der Waals surface area (Å²) in [5, 5.41) is 10.2. The lowest BCUT2D eigenvalue weighted by Crippen LogP contribution is -2.35. The normalized spacial score (nSPS) is 29.8. The van der Waals surface area contributed by atoms with Crippen LogP contribution in [0.2, 0.25) is 0 Å². The van der Waals surface area contributed by atoms with Gasteiger partial charge in [0.05, 0.1) is 12.7 Å². The highest BCUT2D eigenvalue weighted by atomic mass is 16.6. The van der Waals surface area contributed by atoms with Gasteiger partial charge in [0.15, 0.2) is 6.23 Å². The van der Waals surface area contributed by atoms with E-state index in [0.29, 0.717) is 13.2 Å².